The summed E-state index contributed by atoms with van der Waals surface area (Å²) in [5.41, 5.74) is 2.27. The van der Waals surface area contributed by atoms with Crippen molar-refractivity contribution in [3.05, 3.63) is 64.2 Å². The number of carbonyl (C=O) groups is 1. The van der Waals surface area contributed by atoms with Crippen molar-refractivity contribution in [1.29, 1.82) is 0 Å². The van der Waals surface area contributed by atoms with Crippen molar-refractivity contribution >= 4 is 17.5 Å². The van der Waals surface area contributed by atoms with Gasteiger partial charge >= 0.3 is 0 Å². The number of benzene rings is 2. The number of aliphatic hydroxyl groups excluding tert-OH is 1. The van der Waals surface area contributed by atoms with Crippen molar-refractivity contribution in [1.82, 2.24) is 5.32 Å². The molecule has 114 valence electrons. The smallest absolute Gasteiger partial charge is 0.257 e. The summed E-state index contributed by atoms with van der Waals surface area (Å²) in [6.45, 7) is 0. The fourth-order valence-electron chi connectivity index (χ4n) is 2.86. The van der Waals surface area contributed by atoms with Gasteiger partial charge in [0.15, 0.2) is 0 Å². The molecule has 0 aromatic heterocycles. The van der Waals surface area contributed by atoms with Crippen molar-refractivity contribution < 1.29 is 14.6 Å². The number of fused-ring (bicyclic) bond motifs is 1. The van der Waals surface area contributed by atoms with Gasteiger partial charge in [-0.25, -0.2) is 0 Å². The lowest BCUT2D eigenvalue weighted by Crippen LogP contribution is -2.34. The van der Waals surface area contributed by atoms with E-state index in [2.05, 4.69) is 5.32 Å². The average molecular weight is 318 g/mol. The maximum absolute atomic E-state index is 12.6. The minimum absolute atomic E-state index is 0.281. The largest absolute Gasteiger partial charge is 0.496 e. The molecule has 2 aromatic rings. The highest BCUT2D eigenvalue weighted by molar-refractivity contribution is 6.34. The van der Waals surface area contributed by atoms with Gasteiger partial charge in [0.05, 0.1) is 29.8 Å². The van der Waals surface area contributed by atoms with E-state index in [0.29, 0.717) is 17.2 Å². The van der Waals surface area contributed by atoms with Gasteiger partial charge < -0.3 is 15.2 Å². The highest BCUT2D eigenvalue weighted by Gasteiger charge is 2.32. The number of methoxy groups -OCH3 is 1. The normalized spacial score (nSPS) is 19.6. The summed E-state index contributed by atoms with van der Waals surface area (Å²) >= 11 is 6.12. The predicted molar refractivity (Wildman–Crippen MR) is 84.4 cm³/mol. The van der Waals surface area contributed by atoms with E-state index in [1.54, 1.807) is 18.2 Å². The van der Waals surface area contributed by atoms with E-state index in [-0.39, 0.29) is 11.5 Å². The molecule has 22 heavy (non-hydrogen) atoms. The van der Waals surface area contributed by atoms with Gasteiger partial charge in [0.2, 0.25) is 0 Å². The van der Waals surface area contributed by atoms with E-state index in [1.807, 2.05) is 24.3 Å². The molecule has 1 aliphatic rings. The molecule has 0 heterocycles. The molecule has 2 N–H and O–H groups in total. The molecule has 5 heteroatoms. The second-order valence-corrected chi connectivity index (χ2v) is 5.65. The van der Waals surface area contributed by atoms with Crippen LogP contribution in [0.2, 0.25) is 5.02 Å². The molecule has 0 aliphatic heterocycles. The minimum atomic E-state index is -0.644. The molecule has 0 bridgehead atoms. The summed E-state index contributed by atoms with van der Waals surface area (Å²) in [5.74, 6) is 0.0500. The van der Waals surface area contributed by atoms with Gasteiger partial charge in [-0.15, -0.1) is 0 Å². The third kappa shape index (κ3) is 2.56. The molecular weight excluding hydrogens is 302 g/mol. The summed E-state index contributed by atoms with van der Waals surface area (Å²) in [6.07, 6.45) is -0.115. The lowest BCUT2D eigenvalue weighted by atomic mass is 10.1. The van der Waals surface area contributed by atoms with Crippen molar-refractivity contribution in [3.63, 3.8) is 0 Å². The molecule has 2 aromatic carbocycles. The molecule has 2 atom stereocenters. The van der Waals surface area contributed by atoms with Crippen LogP contribution in [0.1, 0.15) is 27.5 Å². The van der Waals surface area contributed by atoms with Gasteiger partial charge in [-0.05, 0) is 23.3 Å². The maximum Gasteiger partial charge on any atom is 0.257 e. The number of carbonyl (C=O) groups excluding carboxylic acids is 1. The van der Waals surface area contributed by atoms with Crippen LogP contribution < -0.4 is 10.1 Å². The summed E-state index contributed by atoms with van der Waals surface area (Å²) in [7, 11) is 1.49. The quantitative estimate of drug-likeness (QED) is 0.915. The van der Waals surface area contributed by atoms with Gasteiger partial charge in [-0.2, -0.15) is 0 Å². The van der Waals surface area contributed by atoms with Gasteiger partial charge in [-0.1, -0.05) is 41.9 Å². The maximum atomic E-state index is 12.6. The topological polar surface area (TPSA) is 58.6 Å². The molecule has 1 amide bonds. The molecule has 4 nitrogen and oxygen atoms in total. The predicted octanol–water partition coefficient (Wildman–Crippen LogP) is 2.74. The second kappa shape index (κ2) is 5.99. The van der Waals surface area contributed by atoms with E-state index >= 15 is 0 Å². The highest BCUT2D eigenvalue weighted by Crippen LogP contribution is 2.33. The first-order valence-electron chi connectivity index (χ1n) is 7.01. The number of amides is 1. The van der Waals surface area contributed by atoms with Gasteiger partial charge in [0.25, 0.3) is 5.91 Å². The van der Waals surface area contributed by atoms with E-state index in [0.717, 1.165) is 11.1 Å². The lowest BCUT2D eigenvalue weighted by molar-refractivity contribution is 0.0855. The Kier molecular flexibility index (Phi) is 4.05. The summed E-state index contributed by atoms with van der Waals surface area (Å²) < 4.78 is 5.20. The van der Waals surface area contributed by atoms with Crippen LogP contribution in [0.15, 0.2) is 42.5 Å². The van der Waals surface area contributed by atoms with Crippen molar-refractivity contribution in [2.45, 2.75) is 18.6 Å². The molecule has 0 spiro atoms. The molecule has 0 saturated carbocycles. The number of halogens is 1. The fourth-order valence-corrected chi connectivity index (χ4v) is 3.11. The van der Waals surface area contributed by atoms with Gasteiger partial charge in [-0.3, -0.25) is 4.79 Å². The van der Waals surface area contributed by atoms with E-state index in [1.165, 1.54) is 7.11 Å². The van der Waals surface area contributed by atoms with Crippen LogP contribution in [0.4, 0.5) is 0 Å². The molecule has 1 aliphatic carbocycles. The molecule has 0 fully saturated rings. The first-order valence-corrected chi connectivity index (χ1v) is 7.39. The third-order valence-electron chi connectivity index (χ3n) is 3.91. The standard InChI is InChI=1S/C17H16ClNO3/c1-22-14-8-4-7-12(18)15(14)17(21)19-16-11-6-3-2-5-10(11)9-13(16)20/h2-8,13,16,20H,9H2,1H3,(H,19,21)/t13-,16-/m0/s1. The summed E-state index contributed by atoms with van der Waals surface area (Å²) in [5, 5.41) is 13.4. The number of hydrogen-bond acceptors (Lipinski definition) is 3. The van der Waals surface area contributed by atoms with Crippen LogP contribution in [-0.2, 0) is 6.42 Å². The van der Waals surface area contributed by atoms with Crippen LogP contribution in [0, 0.1) is 0 Å². The van der Waals surface area contributed by atoms with Crippen LogP contribution >= 0.6 is 11.6 Å². The minimum Gasteiger partial charge on any atom is -0.496 e. The molecule has 0 saturated heterocycles. The molecule has 3 rings (SSSR count). The van der Waals surface area contributed by atoms with Gasteiger partial charge in [0.1, 0.15) is 5.75 Å². The van der Waals surface area contributed by atoms with Crippen molar-refractivity contribution in [2.24, 2.45) is 0 Å². The number of ether oxygens (including phenoxy) is 1. The SMILES string of the molecule is COc1cccc(Cl)c1C(=O)N[C@H]1c2ccccc2C[C@@H]1O. The van der Waals surface area contributed by atoms with E-state index < -0.39 is 12.1 Å². The van der Waals surface area contributed by atoms with Crippen molar-refractivity contribution in [2.75, 3.05) is 7.11 Å². The highest BCUT2D eigenvalue weighted by atomic mass is 35.5. The Labute approximate surface area is 133 Å². The monoisotopic (exact) mass is 317 g/mol. The van der Waals surface area contributed by atoms with Crippen LogP contribution in [-0.4, -0.2) is 24.2 Å². The van der Waals surface area contributed by atoms with E-state index in [4.69, 9.17) is 16.3 Å². The molecule has 0 radical (unpaired) electrons. The summed E-state index contributed by atoms with van der Waals surface area (Å²) in [6, 6.07) is 12.3. The lowest BCUT2D eigenvalue weighted by Gasteiger charge is -2.19. The zero-order valence-corrected chi connectivity index (χ0v) is 12.8. The second-order valence-electron chi connectivity index (χ2n) is 5.24. The fraction of sp³-hybridized carbons (Fsp3) is 0.235. The van der Waals surface area contributed by atoms with Crippen LogP contribution in [0.5, 0.6) is 5.75 Å². The first-order chi connectivity index (χ1) is 10.6. The number of rotatable bonds is 3. The first kappa shape index (κ1) is 14.9. The van der Waals surface area contributed by atoms with Crippen LogP contribution in [0.25, 0.3) is 0 Å². The zero-order chi connectivity index (χ0) is 15.7. The Morgan fingerprint density at radius 2 is 2.05 bits per heavy atom. The average Bonchev–Trinajstić information content (AvgIpc) is 2.83. The molecule has 0 unspecified atom stereocenters. The third-order valence-corrected chi connectivity index (χ3v) is 4.23. The summed E-state index contributed by atoms with van der Waals surface area (Å²) in [4.78, 5) is 12.6. The van der Waals surface area contributed by atoms with Crippen molar-refractivity contribution in [3.8, 4) is 5.75 Å². The number of hydrogen-bond donors (Lipinski definition) is 2. The Hall–Kier alpha value is -2.04. The Bertz CT molecular complexity index is 717. The Balaban J connectivity index is 1.90. The Morgan fingerprint density at radius 3 is 2.82 bits per heavy atom. The molecular formula is C17H16ClNO3. The Morgan fingerprint density at radius 1 is 1.27 bits per heavy atom. The van der Waals surface area contributed by atoms with Gasteiger partial charge in [0, 0.05) is 6.42 Å². The number of nitrogens with one attached hydrogen (secondary N) is 1. The number of aliphatic hydroxyl groups is 1. The van der Waals surface area contributed by atoms with E-state index in [9.17, 15) is 9.90 Å². The zero-order valence-electron chi connectivity index (χ0n) is 12.0. The van der Waals surface area contributed by atoms with Crippen LogP contribution in [0.3, 0.4) is 0 Å².